The average molecular weight is 333 g/mol. The number of nitro groups is 1. The smallest absolute Gasteiger partial charge is 0.290 e. The zero-order valence-electron chi connectivity index (χ0n) is 11.1. The molecule has 114 valence electrons. The molecular formula is C13H14Cl2N2O4. The van der Waals surface area contributed by atoms with Crippen LogP contribution in [0.3, 0.4) is 0 Å². The van der Waals surface area contributed by atoms with Gasteiger partial charge in [0.05, 0.1) is 16.0 Å². The molecular weight excluding hydrogens is 319 g/mol. The number of nitro benzene ring substituents is 1. The lowest BCUT2D eigenvalue weighted by molar-refractivity contribution is -0.384. The van der Waals surface area contributed by atoms with E-state index in [-0.39, 0.29) is 27.4 Å². The normalized spacial score (nSPS) is 18.3. The molecule has 0 aliphatic carbocycles. The van der Waals surface area contributed by atoms with E-state index in [1.54, 1.807) is 0 Å². The van der Waals surface area contributed by atoms with Gasteiger partial charge in [-0.3, -0.25) is 14.9 Å². The Morgan fingerprint density at radius 3 is 2.81 bits per heavy atom. The fourth-order valence-corrected chi connectivity index (χ4v) is 2.51. The Hall–Kier alpha value is -1.37. The Morgan fingerprint density at radius 2 is 2.19 bits per heavy atom. The Morgan fingerprint density at radius 1 is 1.43 bits per heavy atom. The van der Waals surface area contributed by atoms with Gasteiger partial charge in [-0.15, -0.1) is 0 Å². The Balaban J connectivity index is 2.06. The van der Waals surface area contributed by atoms with Crippen LogP contribution in [0.2, 0.25) is 10.0 Å². The molecule has 0 spiro atoms. The lowest BCUT2D eigenvalue weighted by Gasteiger charge is -2.22. The second kappa shape index (κ2) is 7.06. The molecule has 21 heavy (non-hydrogen) atoms. The molecule has 1 heterocycles. The number of hydrogen-bond donors (Lipinski definition) is 1. The summed E-state index contributed by atoms with van der Waals surface area (Å²) in [6, 6.07) is 2.43. The minimum absolute atomic E-state index is 0.0135. The summed E-state index contributed by atoms with van der Waals surface area (Å²) < 4.78 is 5.50. The first kappa shape index (κ1) is 16.0. The van der Waals surface area contributed by atoms with E-state index in [4.69, 9.17) is 27.9 Å². The van der Waals surface area contributed by atoms with E-state index in [2.05, 4.69) is 5.32 Å². The number of rotatable bonds is 4. The van der Waals surface area contributed by atoms with Gasteiger partial charge in [0.1, 0.15) is 5.02 Å². The van der Waals surface area contributed by atoms with Crippen LogP contribution in [0.15, 0.2) is 12.1 Å². The van der Waals surface area contributed by atoms with Gasteiger partial charge in [-0.1, -0.05) is 23.2 Å². The molecule has 0 aromatic heterocycles. The summed E-state index contributed by atoms with van der Waals surface area (Å²) in [7, 11) is 0. The largest absolute Gasteiger partial charge is 0.376 e. The van der Waals surface area contributed by atoms with Crippen molar-refractivity contribution in [2.24, 2.45) is 0 Å². The highest BCUT2D eigenvalue weighted by Gasteiger charge is 2.21. The van der Waals surface area contributed by atoms with Gasteiger partial charge in [-0.25, -0.2) is 0 Å². The molecule has 1 fully saturated rings. The Kier molecular flexibility index (Phi) is 5.39. The van der Waals surface area contributed by atoms with Gasteiger partial charge in [-0.2, -0.15) is 0 Å². The van der Waals surface area contributed by atoms with E-state index in [1.165, 1.54) is 6.07 Å². The fraction of sp³-hybridized carbons (Fsp3) is 0.462. The SMILES string of the molecule is O=C(NCC1CCCCO1)c1cc(Cl)c(Cl)c([N+](=O)[O-])c1. The molecule has 1 aromatic carbocycles. The van der Waals surface area contributed by atoms with E-state index in [0.717, 1.165) is 25.3 Å². The molecule has 0 radical (unpaired) electrons. The Labute approximate surface area is 131 Å². The number of carbonyl (C=O) groups excluding carboxylic acids is 1. The first-order valence-corrected chi connectivity index (χ1v) is 7.28. The number of nitrogens with one attached hydrogen (secondary N) is 1. The minimum Gasteiger partial charge on any atom is -0.376 e. The fourth-order valence-electron chi connectivity index (χ4n) is 2.12. The maximum absolute atomic E-state index is 12.0. The molecule has 1 amide bonds. The van der Waals surface area contributed by atoms with Crippen LogP contribution < -0.4 is 5.32 Å². The van der Waals surface area contributed by atoms with Crippen LogP contribution in [-0.4, -0.2) is 30.1 Å². The van der Waals surface area contributed by atoms with Gasteiger partial charge in [-0.05, 0) is 25.3 Å². The number of hydrogen-bond acceptors (Lipinski definition) is 4. The second-order valence-corrected chi connectivity index (χ2v) is 5.53. The number of benzene rings is 1. The van der Waals surface area contributed by atoms with Crippen LogP contribution in [0.25, 0.3) is 0 Å². The summed E-state index contributed by atoms with van der Waals surface area (Å²) in [6.07, 6.45) is 2.98. The predicted molar refractivity (Wildman–Crippen MR) is 79.0 cm³/mol. The van der Waals surface area contributed by atoms with Gasteiger partial charge in [0.25, 0.3) is 11.6 Å². The number of ether oxygens (including phenoxy) is 1. The van der Waals surface area contributed by atoms with E-state index >= 15 is 0 Å². The number of amides is 1. The van der Waals surface area contributed by atoms with E-state index in [9.17, 15) is 14.9 Å². The summed E-state index contributed by atoms with van der Waals surface area (Å²) >= 11 is 11.6. The first-order chi connectivity index (χ1) is 9.99. The van der Waals surface area contributed by atoms with Crippen molar-refractivity contribution in [3.05, 3.63) is 37.9 Å². The molecule has 8 heteroatoms. The number of halogens is 2. The van der Waals surface area contributed by atoms with E-state index in [0.29, 0.717) is 13.2 Å². The molecule has 0 saturated carbocycles. The predicted octanol–water partition coefficient (Wildman–Crippen LogP) is 3.20. The minimum atomic E-state index is -0.671. The summed E-state index contributed by atoms with van der Waals surface area (Å²) in [5, 5.41) is 13.4. The lowest BCUT2D eigenvalue weighted by Crippen LogP contribution is -2.35. The highest BCUT2D eigenvalue weighted by atomic mass is 35.5. The molecule has 1 atom stereocenters. The Bertz CT molecular complexity index is 559. The molecule has 2 rings (SSSR count). The zero-order valence-corrected chi connectivity index (χ0v) is 12.6. The summed E-state index contributed by atoms with van der Waals surface area (Å²) in [5.74, 6) is -0.439. The standard InChI is InChI=1S/C13H14Cl2N2O4/c14-10-5-8(6-11(12(10)15)17(19)20)13(18)16-7-9-3-1-2-4-21-9/h5-6,9H,1-4,7H2,(H,16,18). The van der Waals surface area contributed by atoms with Crippen LogP contribution in [-0.2, 0) is 4.74 Å². The molecule has 1 aliphatic rings. The van der Waals surface area contributed by atoms with Crippen molar-refractivity contribution >= 4 is 34.8 Å². The molecule has 1 saturated heterocycles. The summed E-state index contributed by atoms with van der Waals surface area (Å²) in [5.41, 5.74) is -0.282. The van der Waals surface area contributed by atoms with Gasteiger partial charge in [0, 0.05) is 24.8 Å². The van der Waals surface area contributed by atoms with Crippen LogP contribution >= 0.6 is 23.2 Å². The third kappa shape index (κ3) is 4.06. The van der Waals surface area contributed by atoms with Gasteiger partial charge < -0.3 is 10.1 Å². The van der Waals surface area contributed by atoms with Crippen LogP contribution in [0.4, 0.5) is 5.69 Å². The van der Waals surface area contributed by atoms with Crippen LogP contribution in [0.5, 0.6) is 0 Å². The molecule has 6 nitrogen and oxygen atoms in total. The number of nitrogens with zero attached hydrogens (tertiary/aromatic N) is 1. The molecule has 1 unspecified atom stereocenters. The van der Waals surface area contributed by atoms with Crippen molar-refractivity contribution in [3.63, 3.8) is 0 Å². The summed E-state index contributed by atoms with van der Waals surface area (Å²) in [4.78, 5) is 22.2. The highest BCUT2D eigenvalue weighted by molar-refractivity contribution is 6.43. The van der Waals surface area contributed by atoms with Gasteiger partial charge in [0.15, 0.2) is 0 Å². The van der Waals surface area contributed by atoms with Crippen LogP contribution in [0, 0.1) is 10.1 Å². The van der Waals surface area contributed by atoms with Crippen molar-refractivity contribution in [1.82, 2.24) is 5.32 Å². The monoisotopic (exact) mass is 332 g/mol. The molecule has 1 N–H and O–H groups in total. The molecule has 1 aromatic rings. The quantitative estimate of drug-likeness (QED) is 0.678. The maximum Gasteiger partial charge on any atom is 0.290 e. The lowest BCUT2D eigenvalue weighted by atomic mass is 10.1. The van der Waals surface area contributed by atoms with Crippen molar-refractivity contribution in [2.75, 3.05) is 13.2 Å². The van der Waals surface area contributed by atoms with Crippen LogP contribution in [0.1, 0.15) is 29.6 Å². The average Bonchev–Trinajstić information content (AvgIpc) is 2.48. The highest BCUT2D eigenvalue weighted by Crippen LogP contribution is 2.33. The topological polar surface area (TPSA) is 81.5 Å². The van der Waals surface area contributed by atoms with Crippen molar-refractivity contribution in [2.45, 2.75) is 25.4 Å². The third-order valence-corrected chi connectivity index (χ3v) is 4.02. The second-order valence-electron chi connectivity index (χ2n) is 4.75. The third-order valence-electron chi connectivity index (χ3n) is 3.23. The van der Waals surface area contributed by atoms with Crippen molar-refractivity contribution in [3.8, 4) is 0 Å². The maximum atomic E-state index is 12.0. The number of carbonyl (C=O) groups is 1. The molecule has 0 bridgehead atoms. The van der Waals surface area contributed by atoms with Crippen molar-refractivity contribution < 1.29 is 14.5 Å². The van der Waals surface area contributed by atoms with E-state index < -0.39 is 10.8 Å². The van der Waals surface area contributed by atoms with Gasteiger partial charge in [0.2, 0.25) is 0 Å². The summed E-state index contributed by atoms with van der Waals surface area (Å²) in [6.45, 7) is 1.06. The first-order valence-electron chi connectivity index (χ1n) is 6.52. The molecule has 1 aliphatic heterocycles. The van der Waals surface area contributed by atoms with Gasteiger partial charge >= 0.3 is 0 Å². The van der Waals surface area contributed by atoms with Crippen molar-refractivity contribution in [1.29, 1.82) is 0 Å². The zero-order chi connectivity index (χ0) is 15.4. The van der Waals surface area contributed by atoms with E-state index in [1.807, 2.05) is 0 Å².